The Kier molecular flexibility index (Phi) is 9.60. The number of guanidine groups is 1. The Balaban J connectivity index is 0.00000280. The Morgan fingerprint density at radius 3 is 2.68 bits per heavy atom. The van der Waals surface area contributed by atoms with E-state index in [-0.39, 0.29) is 24.0 Å². The van der Waals surface area contributed by atoms with Crippen molar-refractivity contribution in [2.45, 2.75) is 18.9 Å². The average molecular weight is 504 g/mol. The minimum Gasteiger partial charge on any atom is -0.497 e. The van der Waals surface area contributed by atoms with Crippen LogP contribution in [0.5, 0.6) is 11.5 Å². The topological polar surface area (TPSA) is 58.6 Å². The van der Waals surface area contributed by atoms with Gasteiger partial charge in [0.25, 0.3) is 0 Å². The van der Waals surface area contributed by atoms with E-state index in [9.17, 15) is 0 Å². The molecule has 0 aliphatic carbocycles. The molecule has 2 saturated heterocycles. The van der Waals surface area contributed by atoms with Gasteiger partial charge in [0, 0.05) is 45.8 Å². The zero-order valence-corrected chi connectivity index (χ0v) is 19.5. The summed E-state index contributed by atoms with van der Waals surface area (Å²) in [7, 11) is 5.24. The number of halogens is 1. The minimum atomic E-state index is 0. The molecule has 8 heteroatoms. The molecule has 1 unspecified atom stereocenters. The maximum Gasteiger partial charge on any atom is 0.193 e. The Morgan fingerprint density at radius 1 is 1.21 bits per heavy atom. The highest BCUT2D eigenvalue weighted by molar-refractivity contribution is 14.0. The number of aliphatic imine (C=N–C) groups is 1. The zero-order chi connectivity index (χ0) is 19.1. The van der Waals surface area contributed by atoms with Crippen molar-refractivity contribution in [1.82, 2.24) is 15.1 Å². The van der Waals surface area contributed by atoms with Gasteiger partial charge in [-0.05, 0) is 36.6 Å². The van der Waals surface area contributed by atoms with E-state index < -0.39 is 0 Å². The fraction of sp³-hybridized carbons (Fsp3) is 0.650. The number of morpholine rings is 1. The summed E-state index contributed by atoms with van der Waals surface area (Å²) in [6.07, 6.45) is 2.03. The highest BCUT2D eigenvalue weighted by atomic mass is 127. The van der Waals surface area contributed by atoms with Crippen LogP contribution in [0.25, 0.3) is 0 Å². The Bertz CT molecular complexity index is 638. The summed E-state index contributed by atoms with van der Waals surface area (Å²) in [6.45, 7) is 6.67. The molecule has 2 aliphatic heterocycles. The highest BCUT2D eigenvalue weighted by Gasteiger charge is 2.30. The summed E-state index contributed by atoms with van der Waals surface area (Å²) < 4.78 is 16.3. The van der Waals surface area contributed by atoms with Crippen LogP contribution < -0.4 is 14.8 Å². The molecule has 0 spiro atoms. The predicted octanol–water partition coefficient (Wildman–Crippen LogP) is 1.85. The fourth-order valence-electron chi connectivity index (χ4n) is 3.89. The molecule has 0 aromatic heterocycles. The lowest BCUT2D eigenvalue weighted by Crippen LogP contribution is -2.46. The van der Waals surface area contributed by atoms with Crippen molar-refractivity contribution in [2.75, 3.05) is 67.2 Å². The number of methoxy groups -OCH3 is 2. The maximum atomic E-state index is 5.47. The summed E-state index contributed by atoms with van der Waals surface area (Å²) in [6, 6.07) is 6.51. The van der Waals surface area contributed by atoms with Crippen molar-refractivity contribution in [3.05, 3.63) is 23.8 Å². The van der Waals surface area contributed by atoms with Crippen LogP contribution in [-0.2, 0) is 11.2 Å². The molecule has 2 heterocycles. The van der Waals surface area contributed by atoms with E-state index in [0.717, 1.165) is 75.4 Å². The molecule has 2 aliphatic rings. The lowest BCUT2D eigenvalue weighted by molar-refractivity contribution is 0.0195. The Morgan fingerprint density at radius 2 is 2.00 bits per heavy atom. The summed E-state index contributed by atoms with van der Waals surface area (Å²) in [5, 5.41) is 3.51. The third-order valence-corrected chi connectivity index (χ3v) is 5.40. The first-order chi connectivity index (χ1) is 13.2. The molecular formula is C20H33IN4O3. The molecule has 0 radical (unpaired) electrons. The maximum absolute atomic E-state index is 5.47. The van der Waals surface area contributed by atoms with Gasteiger partial charge in [-0.3, -0.25) is 9.89 Å². The zero-order valence-electron chi connectivity index (χ0n) is 17.1. The molecule has 1 atom stereocenters. The molecule has 3 rings (SSSR count). The molecule has 0 saturated carbocycles. The molecule has 0 bridgehead atoms. The third-order valence-electron chi connectivity index (χ3n) is 5.40. The molecule has 1 aromatic carbocycles. The number of hydrogen-bond donors (Lipinski definition) is 1. The number of benzene rings is 1. The quantitative estimate of drug-likeness (QED) is 0.363. The van der Waals surface area contributed by atoms with Crippen molar-refractivity contribution >= 4 is 29.9 Å². The van der Waals surface area contributed by atoms with Crippen LogP contribution >= 0.6 is 24.0 Å². The number of nitrogens with one attached hydrogen (secondary N) is 1. The predicted molar refractivity (Wildman–Crippen MR) is 122 cm³/mol. The summed E-state index contributed by atoms with van der Waals surface area (Å²) >= 11 is 0. The standard InChI is InChI=1S/C20H32N4O3.HI/c1-21-20(24-9-7-17(15-24)23-10-12-27-13-11-23)22-8-6-16-14-18(25-2)4-5-19(16)26-3;/h4-5,14,17H,6-13,15H2,1-3H3,(H,21,22);1H. The van der Waals surface area contributed by atoms with Gasteiger partial charge in [0.2, 0.25) is 0 Å². The largest absolute Gasteiger partial charge is 0.497 e. The molecule has 7 nitrogen and oxygen atoms in total. The first-order valence-electron chi connectivity index (χ1n) is 9.73. The average Bonchev–Trinajstić information content (AvgIpc) is 3.21. The van der Waals surface area contributed by atoms with E-state index in [1.807, 2.05) is 25.2 Å². The van der Waals surface area contributed by atoms with Crippen molar-refractivity contribution in [1.29, 1.82) is 0 Å². The van der Waals surface area contributed by atoms with Crippen LogP contribution in [0, 0.1) is 0 Å². The smallest absolute Gasteiger partial charge is 0.193 e. The highest BCUT2D eigenvalue weighted by Crippen LogP contribution is 2.24. The second kappa shape index (κ2) is 11.7. The fourth-order valence-corrected chi connectivity index (χ4v) is 3.89. The number of hydrogen-bond acceptors (Lipinski definition) is 5. The van der Waals surface area contributed by atoms with Crippen LogP contribution in [0.3, 0.4) is 0 Å². The van der Waals surface area contributed by atoms with Gasteiger partial charge in [0.15, 0.2) is 5.96 Å². The van der Waals surface area contributed by atoms with E-state index in [1.165, 1.54) is 6.42 Å². The number of nitrogens with zero attached hydrogens (tertiary/aromatic N) is 3. The van der Waals surface area contributed by atoms with E-state index in [4.69, 9.17) is 14.2 Å². The van der Waals surface area contributed by atoms with E-state index in [1.54, 1.807) is 14.2 Å². The molecule has 0 amide bonds. The molecular weight excluding hydrogens is 471 g/mol. The van der Waals surface area contributed by atoms with E-state index in [0.29, 0.717) is 6.04 Å². The molecule has 2 fully saturated rings. The molecule has 158 valence electrons. The minimum absolute atomic E-state index is 0. The number of ether oxygens (including phenoxy) is 3. The SMILES string of the molecule is CN=C(NCCc1cc(OC)ccc1OC)N1CCC(N2CCOCC2)C1.I. The summed E-state index contributed by atoms with van der Waals surface area (Å²) in [4.78, 5) is 9.41. The van der Waals surface area contributed by atoms with Gasteiger partial charge in [0.1, 0.15) is 11.5 Å². The molecule has 28 heavy (non-hydrogen) atoms. The van der Waals surface area contributed by atoms with Crippen LogP contribution in [0.4, 0.5) is 0 Å². The van der Waals surface area contributed by atoms with E-state index >= 15 is 0 Å². The number of rotatable bonds is 6. The van der Waals surface area contributed by atoms with Crippen LogP contribution in [-0.4, -0.2) is 89.0 Å². The summed E-state index contributed by atoms with van der Waals surface area (Å²) in [5.74, 6) is 2.72. The second-order valence-electron chi connectivity index (χ2n) is 6.94. The lowest BCUT2D eigenvalue weighted by atomic mass is 10.1. The molecule has 1 aromatic rings. The van der Waals surface area contributed by atoms with Crippen LogP contribution in [0.1, 0.15) is 12.0 Å². The first kappa shape index (κ1) is 23.0. The van der Waals surface area contributed by atoms with Crippen molar-refractivity contribution in [3.63, 3.8) is 0 Å². The van der Waals surface area contributed by atoms with Gasteiger partial charge in [-0.1, -0.05) is 0 Å². The van der Waals surface area contributed by atoms with Crippen LogP contribution in [0.2, 0.25) is 0 Å². The van der Waals surface area contributed by atoms with E-state index in [2.05, 4.69) is 20.1 Å². The first-order valence-corrected chi connectivity index (χ1v) is 9.73. The normalized spacial score (nSPS) is 20.6. The summed E-state index contributed by atoms with van der Waals surface area (Å²) in [5.41, 5.74) is 1.13. The van der Waals surface area contributed by atoms with Gasteiger partial charge < -0.3 is 24.4 Å². The van der Waals surface area contributed by atoms with Gasteiger partial charge in [-0.2, -0.15) is 0 Å². The Hall–Kier alpha value is -1.26. The van der Waals surface area contributed by atoms with Gasteiger partial charge in [-0.25, -0.2) is 0 Å². The van der Waals surface area contributed by atoms with Gasteiger partial charge in [-0.15, -0.1) is 24.0 Å². The Labute approximate surface area is 185 Å². The van der Waals surface area contributed by atoms with Gasteiger partial charge >= 0.3 is 0 Å². The third kappa shape index (κ3) is 5.87. The van der Waals surface area contributed by atoms with Crippen molar-refractivity contribution < 1.29 is 14.2 Å². The van der Waals surface area contributed by atoms with Crippen molar-refractivity contribution in [3.8, 4) is 11.5 Å². The molecule has 1 N–H and O–H groups in total. The van der Waals surface area contributed by atoms with Gasteiger partial charge in [0.05, 0.1) is 27.4 Å². The second-order valence-corrected chi connectivity index (χ2v) is 6.94. The van der Waals surface area contributed by atoms with Crippen LogP contribution in [0.15, 0.2) is 23.2 Å². The number of likely N-dealkylation sites (tertiary alicyclic amines) is 1. The van der Waals surface area contributed by atoms with Crippen molar-refractivity contribution in [2.24, 2.45) is 4.99 Å². The lowest BCUT2D eigenvalue weighted by Gasteiger charge is -2.32. The monoisotopic (exact) mass is 504 g/mol.